The Morgan fingerprint density at radius 2 is 0.761 bits per heavy atom. The van der Waals surface area contributed by atoms with Crippen LogP contribution in [-0.2, 0) is 0 Å². The highest BCUT2D eigenvalue weighted by Gasteiger charge is 2.22. The van der Waals surface area contributed by atoms with E-state index in [2.05, 4.69) is 168 Å². The van der Waals surface area contributed by atoms with Gasteiger partial charge in [0.05, 0.1) is 22.4 Å². The highest BCUT2D eigenvalue weighted by Crippen LogP contribution is 2.45. The van der Waals surface area contributed by atoms with Crippen LogP contribution in [0.1, 0.15) is 10.4 Å². The number of nitrogens with one attached hydrogen (secondary N) is 1. The monoisotopic (exact) mass is 912 g/mol. The van der Waals surface area contributed by atoms with Crippen molar-refractivity contribution in [1.82, 2.24) is 9.55 Å². The van der Waals surface area contributed by atoms with E-state index in [-0.39, 0.29) is 0 Å². The molecule has 0 radical (unpaired) electrons. The number of imidazole rings is 1. The molecule has 0 saturated heterocycles. The Bertz CT molecular complexity index is 3870. The first kappa shape index (κ1) is 44.0. The normalized spacial score (nSPS) is 10.9. The van der Waals surface area contributed by atoms with Crippen LogP contribution < -0.4 is 11.1 Å². The van der Waals surface area contributed by atoms with Crippen LogP contribution in [0.2, 0.25) is 0 Å². The van der Waals surface area contributed by atoms with Gasteiger partial charge >= 0.3 is 0 Å². The summed E-state index contributed by atoms with van der Waals surface area (Å²) < 4.78 is 2.30. The third kappa shape index (κ3) is 8.65. The summed E-state index contributed by atoms with van der Waals surface area (Å²) in [5.74, 6) is 0.962. The van der Waals surface area contributed by atoms with Gasteiger partial charge in [-0.1, -0.05) is 218 Å². The number of benzene rings is 12. The molecule has 13 rings (SSSR count). The second kappa shape index (κ2) is 19.9. The van der Waals surface area contributed by atoms with E-state index < -0.39 is 0 Å². The van der Waals surface area contributed by atoms with Crippen molar-refractivity contribution in [2.24, 2.45) is 0 Å². The molecule has 0 aliphatic heterocycles. The van der Waals surface area contributed by atoms with Crippen molar-refractivity contribution in [1.29, 1.82) is 0 Å². The molecule has 0 aliphatic rings. The predicted molar refractivity (Wildman–Crippen MR) is 300 cm³/mol. The summed E-state index contributed by atoms with van der Waals surface area (Å²) >= 11 is 0. The number of nitrogens with two attached hydrogens (primary N) is 1. The van der Waals surface area contributed by atoms with Gasteiger partial charge in [0.1, 0.15) is 5.82 Å². The average Bonchev–Trinajstić information content (AvgIpc) is 3.83. The first-order valence-corrected chi connectivity index (χ1v) is 23.8. The minimum Gasteiger partial charge on any atom is -0.397 e. The molecular weight excluding hydrogens is 865 g/mol. The lowest BCUT2D eigenvalue weighted by atomic mass is 9.88. The molecular formula is C66H48N4O. The van der Waals surface area contributed by atoms with E-state index in [0.717, 1.165) is 78.6 Å². The number of nitrogens with zero attached hydrogens (tertiary/aromatic N) is 2. The molecule has 0 aliphatic carbocycles. The number of hydrogen-bond acceptors (Lipinski definition) is 4. The molecule has 5 nitrogen and oxygen atoms in total. The van der Waals surface area contributed by atoms with Crippen molar-refractivity contribution in [2.75, 3.05) is 11.1 Å². The number of aromatic nitrogens is 2. The SMILES string of the molecule is Nc1ccccc1Nc1ccccc1.O=Cc1c2ccccc2c(-c2ccccc2)c2ccccc12.c1ccc(-c2c3ccccc3c(-c3nc4ccccc4n3-c3ccccc3)c3ccccc23)cc1. The predicted octanol–water partition coefficient (Wildman–Crippen LogP) is 17.2. The fourth-order valence-electron chi connectivity index (χ4n) is 9.81. The number of nitrogen functional groups attached to an aromatic ring is 1. The van der Waals surface area contributed by atoms with Gasteiger partial charge in [-0.2, -0.15) is 0 Å². The highest BCUT2D eigenvalue weighted by molar-refractivity contribution is 6.22. The number of fused-ring (bicyclic) bond motifs is 5. The second-order valence-electron chi connectivity index (χ2n) is 17.2. The van der Waals surface area contributed by atoms with Crippen molar-refractivity contribution in [3.05, 3.63) is 272 Å². The molecule has 0 saturated carbocycles. The number of hydrogen-bond donors (Lipinski definition) is 2. The number of carbonyl (C=O) groups excluding carboxylic acids is 1. The van der Waals surface area contributed by atoms with E-state index in [4.69, 9.17) is 10.7 Å². The average molecular weight is 913 g/mol. The van der Waals surface area contributed by atoms with Crippen LogP contribution >= 0.6 is 0 Å². The third-order valence-electron chi connectivity index (χ3n) is 13.0. The Labute approximate surface area is 412 Å². The first-order chi connectivity index (χ1) is 35.2. The van der Waals surface area contributed by atoms with Crippen LogP contribution in [0.5, 0.6) is 0 Å². The fraction of sp³-hybridized carbons (Fsp3) is 0. The quantitative estimate of drug-likeness (QED) is 0.0949. The van der Waals surface area contributed by atoms with Crippen LogP contribution in [0.25, 0.3) is 93.5 Å². The number of anilines is 3. The molecule has 1 heterocycles. The second-order valence-corrected chi connectivity index (χ2v) is 17.2. The molecule has 338 valence electrons. The smallest absolute Gasteiger partial charge is 0.151 e. The Hall–Kier alpha value is -9.58. The summed E-state index contributed by atoms with van der Waals surface area (Å²) in [4.78, 5) is 16.9. The maximum absolute atomic E-state index is 11.7. The van der Waals surface area contributed by atoms with E-state index in [1.165, 1.54) is 43.8 Å². The zero-order valence-corrected chi connectivity index (χ0v) is 38.9. The van der Waals surface area contributed by atoms with E-state index >= 15 is 0 Å². The van der Waals surface area contributed by atoms with Gasteiger partial charge in [0.15, 0.2) is 6.29 Å². The molecule has 5 heteroatoms. The lowest BCUT2D eigenvalue weighted by Crippen LogP contribution is -1.99. The van der Waals surface area contributed by atoms with Crippen molar-refractivity contribution >= 4 is 77.5 Å². The molecule has 0 fully saturated rings. The maximum atomic E-state index is 11.7. The zero-order valence-electron chi connectivity index (χ0n) is 38.9. The van der Waals surface area contributed by atoms with Crippen LogP contribution in [0, 0.1) is 0 Å². The van der Waals surface area contributed by atoms with Crippen LogP contribution in [0.3, 0.4) is 0 Å². The summed E-state index contributed by atoms with van der Waals surface area (Å²) in [5.41, 5.74) is 18.6. The van der Waals surface area contributed by atoms with Crippen LogP contribution in [0.4, 0.5) is 17.1 Å². The third-order valence-corrected chi connectivity index (χ3v) is 13.0. The molecule has 0 spiro atoms. The topological polar surface area (TPSA) is 72.9 Å². The van der Waals surface area contributed by atoms with Crippen molar-refractivity contribution < 1.29 is 4.79 Å². The van der Waals surface area contributed by atoms with Crippen molar-refractivity contribution in [3.63, 3.8) is 0 Å². The molecule has 71 heavy (non-hydrogen) atoms. The Balaban J connectivity index is 0.000000129. The Morgan fingerprint density at radius 3 is 1.25 bits per heavy atom. The van der Waals surface area contributed by atoms with E-state index in [0.29, 0.717) is 0 Å². The number of para-hydroxylation sites is 6. The number of carbonyl (C=O) groups is 1. The van der Waals surface area contributed by atoms with E-state index in [1.54, 1.807) is 0 Å². The van der Waals surface area contributed by atoms with E-state index in [9.17, 15) is 4.79 Å². The molecule has 3 N–H and O–H groups in total. The van der Waals surface area contributed by atoms with Gasteiger partial charge in [0.25, 0.3) is 0 Å². The first-order valence-electron chi connectivity index (χ1n) is 23.8. The Morgan fingerprint density at radius 1 is 0.380 bits per heavy atom. The van der Waals surface area contributed by atoms with Gasteiger partial charge in [-0.3, -0.25) is 9.36 Å². The van der Waals surface area contributed by atoms with Gasteiger partial charge in [0, 0.05) is 22.5 Å². The molecule has 0 amide bonds. The Kier molecular flexibility index (Phi) is 12.3. The van der Waals surface area contributed by atoms with Crippen molar-refractivity contribution in [3.8, 4) is 39.3 Å². The molecule has 1 aromatic heterocycles. The number of rotatable bonds is 7. The van der Waals surface area contributed by atoms with Gasteiger partial charge in [-0.15, -0.1) is 0 Å². The molecule has 0 unspecified atom stereocenters. The van der Waals surface area contributed by atoms with Crippen molar-refractivity contribution in [2.45, 2.75) is 0 Å². The molecule has 12 aromatic carbocycles. The van der Waals surface area contributed by atoms with Crippen LogP contribution in [0.15, 0.2) is 267 Å². The fourth-order valence-corrected chi connectivity index (χ4v) is 9.81. The summed E-state index contributed by atoms with van der Waals surface area (Å²) in [6.07, 6.45) is 0.972. The molecule has 0 atom stereocenters. The largest absolute Gasteiger partial charge is 0.397 e. The summed E-state index contributed by atoms with van der Waals surface area (Å²) in [7, 11) is 0. The summed E-state index contributed by atoms with van der Waals surface area (Å²) in [6.45, 7) is 0. The highest BCUT2D eigenvalue weighted by atomic mass is 16.1. The van der Waals surface area contributed by atoms with Gasteiger partial charge < -0.3 is 11.1 Å². The molecule has 13 aromatic rings. The lowest BCUT2D eigenvalue weighted by Gasteiger charge is -2.18. The maximum Gasteiger partial charge on any atom is 0.151 e. The number of aldehydes is 1. The van der Waals surface area contributed by atoms with Gasteiger partial charge in [-0.25, -0.2) is 4.98 Å². The zero-order chi connectivity index (χ0) is 47.9. The van der Waals surface area contributed by atoms with Gasteiger partial charge in [-0.05, 0) is 114 Å². The van der Waals surface area contributed by atoms with Crippen LogP contribution in [-0.4, -0.2) is 15.8 Å². The van der Waals surface area contributed by atoms with Gasteiger partial charge in [0.2, 0.25) is 0 Å². The standard InChI is InChI=1S/C33H22N2.C21H14O.C12H12N2/c1-3-13-23(14-4-1)31-25-17-7-9-19-27(25)32(28-20-10-8-18-26(28)31)33-34-29-21-11-12-22-30(29)35(33)24-15-5-2-6-16-24;22-14-20-16-10-4-6-12-18(16)21(15-8-2-1-3-9-15)19-13-7-5-11-17(19)20;13-11-8-4-5-9-12(11)14-10-6-2-1-3-7-10/h1-22H;1-14H;1-9,14H,13H2. The minimum absolute atomic E-state index is 0.761. The summed E-state index contributed by atoms with van der Waals surface area (Å²) in [5, 5.41) is 12.4. The summed E-state index contributed by atoms with van der Waals surface area (Å²) in [6, 6.07) is 91.4. The minimum atomic E-state index is 0.761. The van der Waals surface area contributed by atoms with E-state index in [1.807, 2.05) is 109 Å². The lowest BCUT2D eigenvalue weighted by molar-refractivity contribution is 0.112. The molecule has 0 bridgehead atoms.